The summed E-state index contributed by atoms with van der Waals surface area (Å²) in [5, 5.41) is 7.89. The zero-order valence-electron chi connectivity index (χ0n) is 18.3. The van der Waals surface area contributed by atoms with Gasteiger partial charge in [-0.25, -0.2) is 0 Å². The highest BCUT2D eigenvalue weighted by Crippen LogP contribution is 2.33. The predicted octanol–water partition coefficient (Wildman–Crippen LogP) is 8.24. The van der Waals surface area contributed by atoms with Gasteiger partial charge in [-0.05, 0) is 51.9 Å². The first-order chi connectivity index (χ1) is 16.4. The summed E-state index contributed by atoms with van der Waals surface area (Å²) in [6, 6.07) is 51.2. The molecule has 0 aromatic heterocycles. The molecule has 0 atom stereocenters. The van der Waals surface area contributed by atoms with E-state index in [-0.39, 0.29) is 0 Å². The highest BCUT2D eigenvalue weighted by atomic mass is 31.1. The molecule has 6 aromatic rings. The van der Waals surface area contributed by atoms with E-state index in [0.29, 0.717) is 0 Å². The first-order valence-electron chi connectivity index (χ1n) is 11.2. The van der Waals surface area contributed by atoms with Crippen molar-refractivity contribution >= 4 is 40.7 Å². The summed E-state index contributed by atoms with van der Waals surface area (Å²) in [5.74, 6) is 0. The van der Waals surface area contributed by atoms with Gasteiger partial charge in [0.2, 0.25) is 0 Å². The van der Waals surface area contributed by atoms with Crippen LogP contribution in [-0.2, 0) is 0 Å². The van der Waals surface area contributed by atoms with Crippen molar-refractivity contribution in [2.24, 2.45) is 0 Å². The third kappa shape index (κ3) is 5.03. The predicted molar refractivity (Wildman–Crippen MR) is 146 cm³/mol. The summed E-state index contributed by atoms with van der Waals surface area (Å²) < 4.78 is 0. The van der Waals surface area contributed by atoms with E-state index in [0.717, 1.165) is 0 Å². The quantitative estimate of drug-likeness (QED) is 0.244. The molecule has 0 saturated heterocycles. The van der Waals surface area contributed by atoms with Crippen molar-refractivity contribution < 1.29 is 0 Å². The van der Waals surface area contributed by atoms with Crippen LogP contribution in [0.3, 0.4) is 0 Å². The van der Waals surface area contributed by atoms with Crippen molar-refractivity contribution in [1.82, 2.24) is 0 Å². The molecule has 0 aliphatic rings. The van der Waals surface area contributed by atoms with Crippen LogP contribution in [-0.4, -0.2) is 0 Å². The molecule has 0 spiro atoms. The molecule has 0 aliphatic heterocycles. The van der Waals surface area contributed by atoms with E-state index in [1.54, 1.807) is 0 Å². The fraction of sp³-hybridized carbons (Fsp3) is 0. The molecule has 1 heteroatoms. The Labute approximate surface area is 197 Å². The molecule has 0 saturated carbocycles. The minimum Gasteiger partial charge on any atom is -0.0622 e. The van der Waals surface area contributed by atoms with Gasteiger partial charge in [0.1, 0.15) is 0 Å². The molecule has 0 bridgehead atoms. The lowest BCUT2D eigenvalue weighted by atomic mass is 9.94. The van der Waals surface area contributed by atoms with Crippen molar-refractivity contribution in [2.45, 2.75) is 0 Å². The van der Waals surface area contributed by atoms with E-state index < -0.39 is 0 Å². The average Bonchev–Trinajstić information content (AvgIpc) is 2.90. The van der Waals surface area contributed by atoms with E-state index in [1.165, 1.54) is 51.9 Å². The van der Waals surface area contributed by atoms with Crippen molar-refractivity contribution in [1.29, 1.82) is 0 Å². The lowest BCUT2D eigenvalue weighted by Crippen LogP contribution is -2.01. The molecular formula is C32H24P. The summed E-state index contributed by atoms with van der Waals surface area (Å²) in [6.07, 6.45) is 0. The molecule has 6 rings (SSSR count). The van der Waals surface area contributed by atoms with Crippen LogP contribution in [0.1, 0.15) is 0 Å². The first-order valence-corrected chi connectivity index (χ1v) is 12.1. The van der Waals surface area contributed by atoms with Gasteiger partial charge in [-0.1, -0.05) is 146 Å². The second-order valence-corrected chi connectivity index (χ2v) is 9.09. The Bertz CT molecular complexity index is 1350. The van der Waals surface area contributed by atoms with Crippen LogP contribution in [0, 0.1) is 0 Å². The number of fused-ring (bicyclic) bond motifs is 2. The van der Waals surface area contributed by atoms with Crippen LogP contribution in [0.15, 0.2) is 146 Å². The molecule has 33 heavy (non-hydrogen) atoms. The van der Waals surface area contributed by atoms with E-state index >= 15 is 0 Å². The summed E-state index contributed by atoms with van der Waals surface area (Å²) in [5.41, 5.74) is 2.61. The van der Waals surface area contributed by atoms with Gasteiger partial charge in [0, 0.05) is 0 Å². The molecule has 0 nitrogen and oxygen atoms in total. The molecule has 157 valence electrons. The first kappa shape index (κ1) is 21.1. The normalized spacial score (nSPS) is 10.5. The molecule has 0 unspecified atom stereocenters. The van der Waals surface area contributed by atoms with E-state index in [9.17, 15) is 0 Å². The summed E-state index contributed by atoms with van der Waals surface area (Å²) in [4.78, 5) is 0. The van der Waals surface area contributed by atoms with Crippen molar-refractivity contribution in [3.63, 3.8) is 0 Å². The largest absolute Gasteiger partial charge is 0.0622 e. The summed E-state index contributed by atoms with van der Waals surface area (Å²) in [6.45, 7) is 0. The highest BCUT2D eigenvalue weighted by molar-refractivity contribution is 7.55. The van der Waals surface area contributed by atoms with E-state index in [4.69, 9.17) is 0 Å². The Morgan fingerprint density at radius 1 is 0.303 bits per heavy atom. The van der Waals surface area contributed by atoms with Crippen molar-refractivity contribution in [3.8, 4) is 11.1 Å². The molecule has 1 radical (unpaired) electrons. The Kier molecular flexibility index (Phi) is 6.57. The van der Waals surface area contributed by atoms with E-state index in [1.807, 2.05) is 12.1 Å². The number of benzene rings is 6. The Morgan fingerprint density at radius 2 is 0.667 bits per heavy atom. The Hall–Kier alpha value is -3.73. The van der Waals surface area contributed by atoms with Crippen LogP contribution < -0.4 is 10.6 Å². The molecule has 0 heterocycles. The van der Waals surface area contributed by atoms with Gasteiger partial charge >= 0.3 is 0 Å². The smallest absolute Gasteiger partial charge is 0.00992 e. The maximum absolute atomic E-state index is 2.21. The SMILES string of the molecule is c1ccc([P]c2ccccc2)cc1.c1ccc2c(-c3cccc4ccccc34)cccc2c1. The fourth-order valence-corrected chi connectivity index (χ4v) is 5.02. The molecule has 0 aliphatic carbocycles. The van der Waals surface area contributed by atoms with Gasteiger partial charge in [-0.2, -0.15) is 0 Å². The van der Waals surface area contributed by atoms with Crippen molar-refractivity contribution in [2.75, 3.05) is 0 Å². The number of hydrogen-bond acceptors (Lipinski definition) is 0. The minimum atomic E-state index is 1.28. The van der Waals surface area contributed by atoms with Crippen LogP contribution >= 0.6 is 8.58 Å². The average molecular weight is 440 g/mol. The van der Waals surface area contributed by atoms with Gasteiger partial charge in [-0.15, -0.1) is 0 Å². The van der Waals surface area contributed by atoms with Gasteiger partial charge in [-0.3, -0.25) is 0 Å². The molecule has 0 fully saturated rings. The molecular weight excluding hydrogens is 415 g/mol. The topological polar surface area (TPSA) is 0 Å². The molecule has 0 N–H and O–H groups in total. The molecule has 0 amide bonds. The minimum absolute atomic E-state index is 1.28. The highest BCUT2D eigenvalue weighted by Gasteiger charge is 2.06. The van der Waals surface area contributed by atoms with Crippen molar-refractivity contribution in [3.05, 3.63) is 146 Å². The lowest BCUT2D eigenvalue weighted by molar-refractivity contribution is 1.68. The number of hydrogen-bond donors (Lipinski definition) is 0. The zero-order chi connectivity index (χ0) is 22.3. The van der Waals surface area contributed by atoms with Crippen LogP contribution in [0.25, 0.3) is 32.7 Å². The third-order valence-electron chi connectivity index (χ3n) is 5.64. The van der Waals surface area contributed by atoms with Crippen LogP contribution in [0.4, 0.5) is 0 Å². The fourth-order valence-electron chi connectivity index (χ4n) is 4.07. The second kappa shape index (κ2) is 10.3. The maximum atomic E-state index is 2.21. The standard InChI is InChI=1S/C20H14.C12H10P/c1-3-11-17-15(7-1)9-5-13-19(17)20-14-6-10-16-8-2-4-12-18(16)20;1-3-7-11(8-4-1)13-12-9-5-2-6-10-12/h1-14H;1-10H. The maximum Gasteiger partial charge on any atom is -0.00992 e. The Morgan fingerprint density at radius 3 is 1.12 bits per heavy atom. The Balaban J connectivity index is 0.000000152. The monoisotopic (exact) mass is 439 g/mol. The van der Waals surface area contributed by atoms with Gasteiger partial charge < -0.3 is 0 Å². The molecule has 6 aromatic carbocycles. The van der Waals surface area contributed by atoms with Gasteiger partial charge in [0.25, 0.3) is 0 Å². The van der Waals surface area contributed by atoms with E-state index in [2.05, 4.69) is 133 Å². The summed E-state index contributed by atoms with van der Waals surface area (Å²) >= 11 is 0. The van der Waals surface area contributed by atoms with Crippen LogP contribution in [0.2, 0.25) is 0 Å². The summed E-state index contributed by atoms with van der Waals surface area (Å²) in [7, 11) is 1.28. The third-order valence-corrected chi connectivity index (χ3v) is 6.75. The van der Waals surface area contributed by atoms with Gasteiger partial charge in [0.05, 0.1) is 0 Å². The zero-order valence-corrected chi connectivity index (χ0v) is 19.2. The number of rotatable bonds is 3. The lowest BCUT2D eigenvalue weighted by Gasteiger charge is -2.10. The van der Waals surface area contributed by atoms with Gasteiger partial charge in [0.15, 0.2) is 0 Å². The van der Waals surface area contributed by atoms with Crippen LogP contribution in [0.5, 0.6) is 0 Å². The second-order valence-electron chi connectivity index (χ2n) is 7.84.